The number of hydrogen-bond donors (Lipinski definition) is 1. The molecule has 0 saturated carbocycles. The van der Waals surface area contributed by atoms with Gasteiger partial charge in [-0.2, -0.15) is 8.78 Å². The highest BCUT2D eigenvalue weighted by Crippen LogP contribution is 2.21. The fraction of sp³-hybridized carbons (Fsp3) is 0.278. The zero-order chi connectivity index (χ0) is 18.7. The lowest BCUT2D eigenvalue weighted by Gasteiger charge is -2.19. The van der Waals surface area contributed by atoms with E-state index in [0.717, 1.165) is 30.8 Å². The van der Waals surface area contributed by atoms with Gasteiger partial charge in [0.15, 0.2) is 0 Å². The molecule has 1 fully saturated rings. The fourth-order valence-corrected chi connectivity index (χ4v) is 3.64. The Kier molecular flexibility index (Phi) is 5.22. The van der Waals surface area contributed by atoms with Gasteiger partial charge >= 0.3 is 5.76 Å². The van der Waals surface area contributed by atoms with Crippen molar-refractivity contribution in [3.8, 4) is 0 Å². The molecule has 1 aliphatic heterocycles. The SMILES string of the molecule is O=C(NC1CCN(c2ccccc2)C1)c1ccc(S(=O)(=O)C(F)F)cc1. The Bertz CT molecular complexity index is 871. The molecule has 8 heteroatoms. The van der Waals surface area contributed by atoms with Gasteiger partial charge in [-0.05, 0) is 42.8 Å². The minimum absolute atomic E-state index is 0.0350. The molecule has 0 radical (unpaired) electrons. The predicted molar refractivity (Wildman–Crippen MR) is 94.2 cm³/mol. The number of nitrogens with zero attached hydrogens (tertiary/aromatic N) is 1. The van der Waals surface area contributed by atoms with Gasteiger partial charge in [-0.15, -0.1) is 0 Å². The first-order valence-corrected chi connectivity index (χ1v) is 9.65. The molecule has 1 heterocycles. The summed E-state index contributed by atoms with van der Waals surface area (Å²) in [5.41, 5.74) is 1.32. The Morgan fingerprint density at radius 2 is 1.73 bits per heavy atom. The zero-order valence-corrected chi connectivity index (χ0v) is 14.6. The molecule has 5 nitrogen and oxygen atoms in total. The molecule has 0 spiro atoms. The predicted octanol–water partition coefficient (Wildman–Crippen LogP) is 2.69. The number of nitrogens with one attached hydrogen (secondary N) is 1. The topological polar surface area (TPSA) is 66.5 Å². The van der Waals surface area contributed by atoms with E-state index in [1.54, 1.807) is 0 Å². The van der Waals surface area contributed by atoms with Crippen molar-refractivity contribution < 1.29 is 22.0 Å². The molecule has 26 heavy (non-hydrogen) atoms. The van der Waals surface area contributed by atoms with Gasteiger partial charge in [-0.1, -0.05) is 18.2 Å². The summed E-state index contributed by atoms with van der Waals surface area (Å²) in [4.78, 5) is 14.0. The maximum Gasteiger partial charge on any atom is 0.341 e. The van der Waals surface area contributed by atoms with Crippen LogP contribution in [0.25, 0.3) is 0 Å². The molecular weight excluding hydrogens is 362 g/mol. The van der Waals surface area contributed by atoms with Crippen LogP contribution in [0.3, 0.4) is 0 Å². The van der Waals surface area contributed by atoms with Crippen LogP contribution in [0.4, 0.5) is 14.5 Å². The number of benzene rings is 2. The lowest BCUT2D eigenvalue weighted by molar-refractivity contribution is 0.0940. The number of para-hydroxylation sites is 1. The lowest BCUT2D eigenvalue weighted by atomic mass is 10.2. The van der Waals surface area contributed by atoms with E-state index < -0.39 is 20.5 Å². The molecule has 1 atom stereocenters. The van der Waals surface area contributed by atoms with Crippen LogP contribution in [0.1, 0.15) is 16.8 Å². The van der Waals surface area contributed by atoms with Gasteiger partial charge in [0.25, 0.3) is 5.91 Å². The van der Waals surface area contributed by atoms with E-state index in [-0.39, 0.29) is 17.5 Å². The average molecular weight is 380 g/mol. The fourth-order valence-electron chi connectivity index (χ4n) is 2.92. The Morgan fingerprint density at radius 3 is 2.35 bits per heavy atom. The van der Waals surface area contributed by atoms with Crippen molar-refractivity contribution in [3.63, 3.8) is 0 Å². The largest absolute Gasteiger partial charge is 0.369 e. The number of alkyl halides is 2. The van der Waals surface area contributed by atoms with E-state index in [4.69, 9.17) is 0 Å². The van der Waals surface area contributed by atoms with Crippen LogP contribution >= 0.6 is 0 Å². The molecule has 138 valence electrons. The van der Waals surface area contributed by atoms with Crippen LogP contribution in [-0.2, 0) is 9.84 Å². The molecule has 1 N–H and O–H groups in total. The number of carbonyl (C=O) groups is 1. The Morgan fingerprint density at radius 1 is 1.08 bits per heavy atom. The normalized spacial score (nSPS) is 17.5. The summed E-state index contributed by atoms with van der Waals surface area (Å²) in [5, 5.41) is 2.90. The second-order valence-corrected chi connectivity index (χ2v) is 7.99. The van der Waals surface area contributed by atoms with Gasteiger partial charge in [0.2, 0.25) is 9.84 Å². The van der Waals surface area contributed by atoms with E-state index >= 15 is 0 Å². The summed E-state index contributed by atoms with van der Waals surface area (Å²) in [6.45, 7) is 1.49. The smallest absolute Gasteiger partial charge is 0.341 e. The summed E-state index contributed by atoms with van der Waals surface area (Å²) in [6.07, 6.45) is 0.790. The van der Waals surface area contributed by atoms with Crippen LogP contribution in [-0.4, -0.2) is 39.2 Å². The zero-order valence-electron chi connectivity index (χ0n) is 13.8. The number of amides is 1. The van der Waals surface area contributed by atoms with Crippen molar-refractivity contribution in [3.05, 3.63) is 60.2 Å². The third-order valence-electron chi connectivity index (χ3n) is 4.32. The molecule has 0 aliphatic carbocycles. The van der Waals surface area contributed by atoms with Gasteiger partial charge in [0.1, 0.15) is 0 Å². The number of sulfone groups is 1. The van der Waals surface area contributed by atoms with Gasteiger partial charge in [0, 0.05) is 30.4 Å². The van der Waals surface area contributed by atoms with Gasteiger partial charge in [-0.25, -0.2) is 8.42 Å². The number of anilines is 1. The summed E-state index contributed by atoms with van der Waals surface area (Å²) < 4.78 is 47.9. The number of hydrogen-bond acceptors (Lipinski definition) is 4. The first-order chi connectivity index (χ1) is 12.4. The van der Waals surface area contributed by atoms with E-state index in [1.165, 1.54) is 12.1 Å². The van der Waals surface area contributed by atoms with Crippen LogP contribution in [0.2, 0.25) is 0 Å². The first kappa shape index (κ1) is 18.3. The molecule has 1 unspecified atom stereocenters. The quantitative estimate of drug-likeness (QED) is 0.866. The second-order valence-electron chi connectivity index (χ2n) is 6.07. The highest BCUT2D eigenvalue weighted by molar-refractivity contribution is 7.91. The van der Waals surface area contributed by atoms with Crippen LogP contribution in [0.15, 0.2) is 59.5 Å². The number of halogens is 2. The van der Waals surface area contributed by atoms with E-state index in [2.05, 4.69) is 10.2 Å². The molecule has 1 saturated heterocycles. The van der Waals surface area contributed by atoms with Crippen molar-refractivity contribution in [1.29, 1.82) is 0 Å². The average Bonchev–Trinajstić information content (AvgIpc) is 3.11. The second kappa shape index (κ2) is 7.41. The van der Waals surface area contributed by atoms with E-state index in [9.17, 15) is 22.0 Å². The Hall–Kier alpha value is -2.48. The number of carbonyl (C=O) groups excluding carboxylic acids is 1. The molecule has 0 aromatic heterocycles. The van der Waals surface area contributed by atoms with Crippen molar-refractivity contribution in [2.45, 2.75) is 23.1 Å². The molecular formula is C18H18F2N2O3S. The Balaban J connectivity index is 1.62. The molecule has 3 rings (SSSR count). The maximum absolute atomic E-state index is 12.5. The molecule has 2 aromatic carbocycles. The van der Waals surface area contributed by atoms with Crippen molar-refractivity contribution in [2.24, 2.45) is 0 Å². The monoisotopic (exact) mass is 380 g/mol. The van der Waals surface area contributed by atoms with Gasteiger partial charge in [0.05, 0.1) is 4.90 Å². The Labute approximate surface area is 150 Å². The molecule has 0 bridgehead atoms. The lowest BCUT2D eigenvalue weighted by Crippen LogP contribution is -2.37. The summed E-state index contributed by atoms with van der Waals surface area (Å²) >= 11 is 0. The highest BCUT2D eigenvalue weighted by Gasteiger charge is 2.27. The molecule has 2 aromatic rings. The minimum atomic E-state index is -4.65. The van der Waals surface area contributed by atoms with Crippen LogP contribution in [0, 0.1) is 0 Å². The van der Waals surface area contributed by atoms with E-state index in [0.29, 0.717) is 6.54 Å². The highest BCUT2D eigenvalue weighted by atomic mass is 32.2. The summed E-state index contributed by atoms with van der Waals surface area (Å²) in [6, 6.07) is 14.4. The summed E-state index contributed by atoms with van der Waals surface area (Å²) in [7, 11) is -4.65. The molecule has 1 amide bonds. The van der Waals surface area contributed by atoms with Crippen molar-refractivity contribution in [1.82, 2.24) is 5.32 Å². The van der Waals surface area contributed by atoms with Crippen molar-refractivity contribution in [2.75, 3.05) is 18.0 Å². The van der Waals surface area contributed by atoms with Crippen LogP contribution < -0.4 is 10.2 Å². The third-order valence-corrected chi connectivity index (χ3v) is 5.72. The van der Waals surface area contributed by atoms with Crippen LogP contribution in [0.5, 0.6) is 0 Å². The maximum atomic E-state index is 12.5. The van der Waals surface area contributed by atoms with Gasteiger partial charge < -0.3 is 10.2 Å². The third kappa shape index (κ3) is 3.85. The standard InChI is InChI=1S/C18H18F2N2O3S/c19-18(20)26(24,25)16-8-6-13(7-9-16)17(23)21-14-10-11-22(12-14)15-4-2-1-3-5-15/h1-9,14,18H,10-12H2,(H,21,23). The van der Waals surface area contributed by atoms with Gasteiger partial charge in [-0.3, -0.25) is 4.79 Å². The minimum Gasteiger partial charge on any atom is -0.369 e. The van der Waals surface area contributed by atoms with E-state index in [1.807, 2.05) is 30.3 Å². The molecule has 1 aliphatic rings. The first-order valence-electron chi connectivity index (χ1n) is 8.11. The van der Waals surface area contributed by atoms with Crippen molar-refractivity contribution >= 4 is 21.4 Å². The summed E-state index contributed by atoms with van der Waals surface area (Å²) in [5.74, 6) is -3.84. The number of rotatable bonds is 5.